The lowest BCUT2D eigenvalue weighted by Gasteiger charge is -2.04. The minimum atomic E-state index is 0.421. The first kappa shape index (κ1) is 14.0. The van der Waals surface area contributed by atoms with Gasteiger partial charge in [0, 0.05) is 12.6 Å². The molecule has 1 heterocycles. The summed E-state index contributed by atoms with van der Waals surface area (Å²) >= 11 is 0. The Labute approximate surface area is 103 Å². The Balaban J connectivity index is 2.21. The van der Waals surface area contributed by atoms with Crippen LogP contribution >= 0.6 is 0 Å². The van der Waals surface area contributed by atoms with Crippen LogP contribution in [0.1, 0.15) is 46.4 Å². The maximum absolute atomic E-state index is 5.45. The molecule has 0 saturated heterocycles. The van der Waals surface area contributed by atoms with Crippen molar-refractivity contribution in [2.75, 3.05) is 11.9 Å². The van der Waals surface area contributed by atoms with E-state index in [1.165, 1.54) is 6.42 Å². The van der Waals surface area contributed by atoms with E-state index in [-0.39, 0.29) is 0 Å². The quantitative estimate of drug-likeness (QED) is 0.683. The highest BCUT2D eigenvalue weighted by atomic mass is 16.4. The highest BCUT2D eigenvalue weighted by Gasteiger charge is 2.05. The van der Waals surface area contributed by atoms with E-state index < -0.39 is 0 Å². The third-order valence-electron chi connectivity index (χ3n) is 2.36. The maximum atomic E-state index is 5.45. The van der Waals surface area contributed by atoms with Crippen LogP contribution in [0.4, 0.5) is 6.01 Å². The molecule has 0 fully saturated rings. The van der Waals surface area contributed by atoms with Crippen LogP contribution in [0.15, 0.2) is 4.42 Å². The van der Waals surface area contributed by atoms with Crippen LogP contribution in [0.3, 0.4) is 0 Å². The van der Waals surface area contributed by atoms with Gasteiger partial charge in [0.2, 0.25) is 5.89 Å². The minimum Gasteiger partial charge on any atom is -0.407 e. The van der Waals surface area contributed by atoms with Gasteiger partial charge in [0.05, 0.1) is 6.54 Å². The molecule has 5 nitrogen and oxygen atoms in total. The molecule has 98 valence electrons. The van der Waals surface area contributed by atoms with E-state index in [1.807, 2.05) is 0 Å². The van der Waals surface area contributed by atoms with E-state index in [1.54, 1.807) is 0 Å². The van der Waals surface area contributed by atoms with Gasteiger partial charge in [-0.25, -0.2) is 0 Å². The second-order valence-electron chi connectivity index (χ2n) is 5.00. The maximum Gasteiger partial charge on any atom is 0.315 e. The molecule has 0 amide bonds. The zero-order valence-electron chi connectivity index (χ0n) is 11.3. The monoisotopic (exact) mass is 240 g/mol. The minimum absolute atomic E-state index is 0.421. The van der Waals surface area contributed by atoms with Gasteiger partial charge < -0.3 is 15.1 Å². The van der Waals surface area contributed by atoms with Crippen LogP contribution in [0.25, 0.3) is 0 Å². The van der Waals surface area contributed by atoms with Crippen molar-refractivity contribution in [3.63, 3.8) is 0 Å². The molecule has 17 heavy (non-hydrogen) atoms. The van der Waals surface area contributed by atoms with Crippen molar-refractivity contribution in [2.24, 2.45) is 5.92 Å². The average molecular weight is 240 g/mol. The molecule has 2 N–H and O–H groups in total. The van der Waals surface area contributed by atoms with Gasteiger partial charge in [-0.15, -0.1) is 5.10 Å². The lowest BCUT2D eigenvalue weighted by Crippen LogP contribution is -2.21. The molecule has 0 aliphatic heterocycles. The summed E-state index contributed by atoms with van der Waals surface area (Å²) in [7, 11) is 0. The molecule has 0 spiro atoms. The predicted molar refractivity (Wildman–Crippen MR) is 68.8 cm³/mol. The molecule has 0 unspecified atom stereocenters. The molecule has 0 aromatic carbocycles. The number of nitrogens with one attached hydrogen (secondary N) is 2. The lowest BCUT2D eigenvalue weighted by molar-refractivity contribution is 0.457. The van der Waals surface area contributed by atoms with Crippen LogP contribution in [0.2, 0.25) is 0 Å². The molecule has 0 atom stereocenters. The van der Waals surface area contributed by atoms with Gasteiger partial charge in [-0.1, -0.05) is 32.8 Å². The van der Waals surface area contributed by atoms with E-state index in [4.69, 9.17) is 4.42 Å². The van der Waals surface area contributed by atoms with E-state index in [0.29, 0.717) is 24.5 Å². The lowest BCUT2D eigenvalue weighted by atomic mass is 10.1. The van der Waals surface area contributed by atoms with E-state index in [0.717, 1.165) is 18.9 Å². The molecule has 1 aromatic rings. The van der Waals surface area contributed by atoms with Gasteiger partial charge in [-0.2, -0.15) is 0 Å². The van der Waals surface area contributed by atoms with Gasteiger partial charge >= 0.3 is 6.01 Å². The topological polar surface area (TPSA) is 63.0 Å². The molecule has 0 bridgehead atoms. The standard InChI is InChI=1S/C12H24N4O/c1-9(2)6-5-7-13-12-16-15-11(17-12)8-14-10(3)4/h9-10,14H,5-8H2,1-4H3,(H,13,16). The summed E-state index contributed by atoms with van der Waals surface area (Å²) in [4.78, 5) is 0. The molecule has 0 saturated carbocycles. The number of anilines is 1. The summed E-state index contributed by atoms with van der Waals surface area (Å²) in [5.74, 6) is 1.37. The SMILES string of the molecule is CC(C)CCCNc1nnc(CNC(C)C)o1. The smallest absolute Gasteiger partial charge is 0.315 e. The Kier molecular flexibility index (Phi) is 5.97. The summed E-state index contributed by atoms with van der Waals surface area (Å²) in [5, 5.41) is 14.3. The van der Waals surface area contributed by atoms with Crippen molar-refractivity contribution in [1.29, 1.82) is 0 Å². The fourth-order valence-corrected chi connectivity index (χ4v) is 1.39. The van der Waals surface area contributed by atoms with Crippen molar-refractivity contribution < 1.29 is 4.42 Å². The molecule has 1 rings (SSSR count). The first-order valence-electron chi connectivity index (χ1n) is 6.37. The molecular weight excluding hydrogens is 216 g/mol. The number of aromatic nitrogens is 2. The van der Waals surface area contributed by atoms with Crippen molar-refractivity contribution in [2.45, 2.75) is 53.1 Å². The number of nitrogens with zero attached hydrogens (tertiary/aromatic N) is 2. The van der Waals surface area contributed by atoms with Gasteiger partial charge in [-0.05, 0) is 18.8 Å². The van der Waals surface area contributed by atoms with E-state index in [9.17, 15) is 0 Å². The van der Waals surface area contributed by atoms with Crippen LogP contribution in [0, 0.1) is 5.92 Å². The fourth-order valence-electron chi connectivity index (χ4n) is 1.39. The van der Waals surface area contributed by atoms with Gasteiger partial charge in [0.25, 0.3) is 0 Å². The van der Waals surface area contributed by atoms with E-state index >= 15 is 0 Å². The number of hydrogen-bond acceptors (Lipinski definition) is 5. The zero-order chi connectivity index (χ0) is 12.7. The molecule has 0 aliphatic rings. The summed E-state index contributed by atoms with van der Waals surface area (Å²) in [6, 6.07) is 0.943. The van der Waals surface area contributed by atoms with Crippen LogP contribution in [-0.2, 0) is 6.54 Å². The Morgan fingerprint density at radius 2 is 1.94 bits per heavy atom. The first-order valence-corrected chi connectivity index (χ1v) is 6.37. The highest BCUT2D eigenvalue weighted by molar-refractivity contribution is 5.16. The van der Waals surface area contributed by atoms with Gasteiger partial charge in [0.1, 0.15) is 0 Å². The van der Waals surface area contributed by atoms with Crippen LogP contribution in [0.5, 0.6) is 0 Å². The van der Waals surface area contributed by atoms with Crippen LogP contribution in [-0.4, -0.2) is 22.8 Å². The molecule has 0 aliphatic carbocycles. The van der Waals surface area contributed by atoms with Gasteiger partial charge in [-0.3, -0.25) is 0 Å². The summed E-state index contributed by atoms with van der Waals surface area (Å²) in [6.07, 6.45) is 2.34. The molecule has 5 heteroatoms. The van der Waals surface area contributed by atoms with Gasteiger partial charge in [0.15, 0.2) is 0 Å². The third-order valence-corrected chi connectivity index (χ3v) is 2.36. The zero-order valence-corrected chi connectivity index (χ0v) is 11.3. The van der Waals surface area contributed by atoms with Crippen molar-refractivity contribution in [1.82, 2.24) is 15.5 Å². The highest BCUT2D eigenvalue weighted by Crippen LogP contribution is 2.07. The summed E-state index contributed by atoms with van der Waals surface area (Å²) in [6.45, 7) is 10.1. The fraction of sp³-hybridized carbons (Fsp3) is 0.833. The average Bonchev–Trinajstić information content (AvgIpc) is 2.69. The second kappa shape index (κ2) is 7.27. The molecule has 0 radical (unpaired) electrons. The van der Waals surface area contributed by atoms with Crippen molar-refractivity contribution >= 4 is 6.01 Å². The third kappa shape index (κ3) is 6.26. The van der Waals surface area contributed by atoms with Crippen LogP contribution < -0.4 is 10.6 Å². The van der Waals surface area contributed by atoms with Crippen molar-refractivity contribution in [3.8, 4) is 0 Å². The molecular formula is C12H24N4O. The normalized spacial score (nSPS) is 11.4. The van der Waals surface area contributed by atoms with E-state index in [2.05, 4.69) is 48.5 Å². The summed E-state index contributed by atoms with van der Waals surface area (Å²) < 4.78 is 5.45. The summed E-state index contributed by atoms with van der Waals surface area (Å²) in [5.41, 5.74) is 0. The van der Waals surface area contributed by atoms with Crippen molar-refractivity contribution in [3.05, 3.63) is 5.89 Å². The molecule has 1 aromatic heterocycles. The number of rotatable bonds is 8. The largest absolute Gasteiger partial charge is 0.407 e. The Morgan fingerprint density at radius 3 is 2.59 bits per heavy atom. The predicted octanol–water partition coefficient (Wildman–Crippen LogP) is 2.42. The Hall–Kier alpha value is -1.10. The second-order valence-corrected chi connectivity index (χ2v) is 5.00. The Morgan fingerprint density at radius 1 is 1.18 bits per heavy atom. The number of hydrogen-bond donors (Lipinski definition) is 2. The Bertz CT molecular complexity index is 309. The first-order chi connectivity index (χ1) is 8.08.